The van der Waals surface area contributed by atoms with E-state index in [1.54, 1.807) is 4.68 Å². The SMILES string of the molecule is Cc1ccc(-c2csc(NC(=O)CSc3nnnn3C(C)(C)C)n2)cc1C. The molecule has 27 heavy (non-hydrogen) atoms. The third kappa shape index (κ3) is 4.72. The number of anilines is 1. The van der Waals surface area contributed by atoms with Crippen LogP contribution in [-0.4, -0.2) is 36.9 Å². The molecule has 9 heteroatoms. The summed E-state index contributed by atoms with van der Waals surface area (Å²) in [5, 5.41) is 17.7. The van der Waals surface area contributed by atoms with Crippen molar-refractivity contribution in [3.8, 4) is 11.3 Å². The van der Waals surface area contributed by atoms with Gasteiger partial charge in [-0.05, 0) is 62.2 Å². The fourth-order valence-corrected chi connectivity index (χ4v) is 3.94. The molecule has 1 N–H and O–H groups in total. The van der Waals surface area contributed by atoms with Gasteiger partial charge in [0.15, 0.2) is 5.13 Å². The summed E-state index contributed by atoms with van der Waals surface area (Å²) in [6.45, 7) is 10.2. The first kappa shape index (κ1) is 19.5. The Labute approximate surface area is 166 Å². The zero-order valence-corrected chi connectivity index (χ0v) is 17.6. The normalized spacial score (nSPS) is 11.6. The highest BCUT2D eigenvalue weighted by Gasteiger charge is 2.20. The number of thiazole rings is 1. The number of nitrogens with zero attached hydrogens (tertiary/aromatic N) is 5. The van der Waals surface area contributed by atoms with Gasteiger partial charge in [0, 0.05) is 10.9 Å². The molecule has 0 radical (unpaired) electrons. The maximum Gasteiger partial charge on any atom is 0.236 e. The fourth-order valence-electron chi connectivity index (χ4n) is 2.34. The van der Waals surface area contributed by atoms with Crippen LogP contribution < -0.4 is 5.32 Å². The molecule has 0 aliphatic carbocycles. The van der Waals surface area contributed by atoms with Gasteiger partial charge in [-0.3, -0.25) is 4.79 Å². The number of aryl methyl sites for hydroxylation is 2. The summed E-state index contributed by atoms with van der Waals surface area (Å²) >= 11 is 2.72. The van der Waals surface area contributed by atoms with E-state index in [-0.39, 0.29) is 17.2 Å². The van der Waals surface area contributed by atoms with Crippen molar-refractivity contribution < 1.29 is 4.79 Å². The minimum Gasteiger partial charge on any atom is -0.301 e. The second kappa shape index (κ2) is 7.77. The van der Waals surface area contributed by atoms with Crippen LogP contribution in [0.1, 0.15) is 31.9 Å². The average molecular weight is 403 g/mol. The third-order valence-corrected chi connectivity index (χ3v) is 5.64. The Balaban J connectivity index is 1.61. The number of tetrazole rings is 1. The molecule has 0 aliphatic heterocycles. The van der Waals surface area contributed by atoms with Crippen molar-refractivity contribution in [3.63, 3.8) is 0 Å². The lowest BCUT2D eigenvalue weighted by atomic mass is 10.1. The highest BCUT2D eigenvalue weighted by Crippen LogP contribution is 2.27. The molecule has 0 bridgehead atoms. The molecule has 0 fully saturated rings. The van der Waals surface area contributed by atoms with Gasteiger partial charge in [-0.1, -0.05) is 23.9 Å². The molecular formula is C18H22N6OS2. The Morgan fingerprint density at radius 2 is 2.04 bits per heavy atom. The Morgan fingerprint density at radius 1 is 1.26 bits per heavy atom. The molecule has 3 aromatic rings. The van der Waals surface area contributed by atoms with Gasteiger partial charge in [0.1, 0.15) is 0 Å². The molecule has 7 nitrogen and oxygen atoms in total. The van der Waals surface area contributed by atoms with Crippen molar-refractivity contribution in [2.24, 2.45) is 0 Å². The van der Waals surface area contributed by atoms with Crippen molar-refractivity contribution in [1.82, 2.24) is 25.2 Å². The largest absolute Gasteiger partial charge is 0.301 e. The molecule has 2 heterocycles. The smallest absolute Gasteiger partial charge is 0.236 e. The number of hydrogen-bond donors (Lipinski definition) is 1. The molecule has 1 aromatic carbocycles. The number of amides is 1. The minimum atomic E-state index is -0.237. The number of benzene rings is 1. The highest BCUT2D eigenvalue weighted by molar-refractivity contribution is 7.99. The Hall–Kier alpha value is -2.26. The van der Waals surface area contributed by atoms with Crippen molar-refractivity contribution in [1.29, 1.82) is 0 Å². The molecule has 0 atom stereocenters. The first-order valence-corrected chi connectivity index (χ1v) is 10.4. The Morgan fingerprint density at radius 3 is 2.74 bits per heavy atom. The Bertz CT molecular complexity index is 957. The van der Waals surface area contributed by atoms with Gasteiger partial charge in [0.05, 0.1) is 17.0 Å². The number of nitrogens with one attached hydrogen (secondary N) is 1. The van der Waals surface area contributed by atoms with Crippen LogP contribution in [0.3, 0.4) is 0 Å². The quantitative estimate of drug-likeness (QED) is 0.652. The summed E-state index contributed by atoms with van der Waals surface area (Å²) in [5.74, 6) is 0.0825. The van der Waals surface area contributed by atoms with Crippen molar-refractivity contribution in [3.05, 3.63) is 34.7 Å². The summed E-state index contributed by atoms with van der Waals surface area (Å²) in [5.41, 5.74) is 4.14. The summed E-state index contributed by atoms with van der Waals surface area (Å²) in [6.07, 6.45) is 0. The first-order chi connectivity index (χ1) is 12.7. The maximum atomic E-state index is 12.3. The topological polar surface area (TPSA) is 85.6 Å². The van der Waals surface area contributed by atoms with Crippen LogP contribution in [0.5, 0.6) is 0 Å². The molecule has 142 valence electrons. The molecule has 0 aliphatic rings. The third-order valence-electron chi connectivity index (χ3n) is 3.96. The van der Waals surface area contributed by atoms with E-state index in [9.17, 15) is 4.79 Å². The summed E-state index contributed by atoms with van der Waals surface area (Å²) in [7, 11) is 0. The average Bonchev–Trinajstić information content (AvgIpc) is 3.24. The lowest BCUT2D eigenvalue weighted by molar-refractivity contribution is -0.113. The van der Waals surface area contributed by atoms with Gasteiger partial charge in [0.2, 0.25) is 11.1 Å². The van der Waals surface area contributed by atoms with E-state index in [1.165, 1.54) is 34.2 Å². The molecule has 0 unspecified atom stereocenters. The second-order valence-electron chi connectivity index (χ2n) is 7.22. The monoisotopic (exact) mass is 402 g/mol. The van der Waals surface area contributed by atoms with Crippen LogP contribution in [0.25, 0.3) is 11.3 Å². The molecule has 2 aromatic heterocycles. The second-order valence-corrected chi connectivity index (χ2v) is 9.02. The number of carbonyl (C=O) groups excluding carboxylic acids is 1. The molecular weight excluding hydrogens is 380 g/mol. The van der Waals surface area contributed by atoms with Crippen LogP contribution in [0.15, 0.2) is 28.7 Å². The highest BCUT2D eigenvalue weighted by atomic mass is 32.2. The van der Waals surface area contributed by atoms with Crippen LogP contribution in [0, 0.1) is 13.8 Å². The van der Waals surface area contributed by atoms with E-state index < -0.39 is 0 Å². The van der Waals surface area contributed by atoms with E-state index in [0.29, 0.717) is 10.3 Å². The minimum absolute atomic E-state index is 0.135. The van der Waals surface area contributed by atoms with Gasteiger partial charge in [-0.15, -0.1) is 16.4 Å². The molecule has 1 amide bonds. The first-order valence-electron chi connectivity index (χ1n) is 8.49. The van der Waals surface area contributed by atoms with Crippen LogP contribution in [-0.2, 0) is 10.3 Å². The predicted octanol–water partition coefficient (Wildman–Crippen LogP) is 3.90. The molecule has 0 saturated carbocycles. The number of hydrogen-bond acceptors (Lipinski definition) is 7. The molecule has 0 saturated heterocycles. The van der Waals surface area contributed by atoms with Gasteiger partial charge >= 0.3 is 0 Å². The molecule has 0 spiro atoms. The van der Waals surface area contributed by atoms with Crippen molar-refractivity contribution in [2.75, 3.05) is 11.1 Å². The number of rotatable bonds is 5. The summed E-state index contributed by atoms with van der Waals surface area (Å²) < 4.78 is 1.71. The lowest BCUT2D eigenvalue weighted by Crippen LogP contribution is -2.24. The predicted molar refractivity (Wildman–Crippen MR) is 109 cm³/mol. The Kier molecular flexibility index (Phi) is 5.61. The van der Waals surface area contributed by atoms with E-state index in [2.05, 4.69) is 51.8 Å². The van der Waals surface area contributed by atoms with Crippen LogP contribution >= 0.6 is 23.1 Å². The van der Waals surface area contributed by atoms with Gasteiger partial charge in [-0.2, -0.15) is 0 Å². The summed E-state index contributed by atoms with van der Waals surface area (Å²) in [6, 6.07) is 6.24. The van der Waals surface area contributed by atoms with E-state index >= 15 is 0 Å². The molecule has 3 rings (SSSR count). The lowest BCUT2D eigenvalue weighted by Gasteiger charge is -2.19. The van der Waals surface area contributed by atoms with E-state index in [4.69, 9.17) is 0 Å². The van der Waals surface area contributed by atoms with Crippen molar-refractivity contribution >= 4 is 34.1 Å². The van der Waals surface area contributed by atoms with Crippen LogP contribution in [0.2, 0.25) is 0 Å². The number of aromatic nitrogens is 5. The van der Waals surface area contributed by atoms with E-state index in [0.717, 1.165) is 11.3 Å². The van der Waals surface area contributed by atoms with Crippen molar-refractivity contribution in [2.45, 2.75) is 45.3 Å². The maximum absolute atomic E-state index is 12.3. The fraction of sp³-hybridized carbons (Fsp3) is 0.389. The van der Waals surface area contributed by atoms with E-state index in [1.807, 2.05) is 32.2 Å². The zero-order valence-electron chi connectivity index (χ0n) is 16.0. The summed E-state index contributed by atoms with van der Waals surface area (Å²) in [4.78, 5) is 16.8. The van der Waals surface area contributed by atoms with Crippen LogP contribution in [0.4, 0.5) is 5.13 Å². The van der Waals surface area contributed by atoms with Gasteiger partial charge in [-0.25, -0.2) is 9.67 Å². The van der Waals surface area contributed by atoms with Gasteiger partial charge in [0.25, 0.3) is 0 Å². The number of thioether (sulfide) groups is 1. The zero-order chi connectivity index (χ0) is 19.6. The van der Waals surface area contributed by atoms with Gasteiger partial charge < -0.3 is 5.32 Å². The number of carbonyl (C=O) groups is 1. The standard InChI is InChI=1S/C18H22N6OS2/c1-11-6-7-13(8-12(11)2)14-9-26-16(19-14)20-15(25)10-27-17-21-22-23-24(17)18(3,4)5/h6-9H,10H2,1-5H3,(H,19,20,25).